The number of nitrogen functional groups attached to an aromatic ring is 1. The molecule has 0 bridgehead atoms. The highest BCUT2D eigenvalue weighted by Gasteiger charge is 2.06. The van der Waals surface area contributed by atoms with Gasteiger partial charge in [-0.05, 0) is 30.3 Å². The Balaban J connectivity index is 1.84. The first-order chi connectivity index (χ1) is 10.1. The topological polar surface area (TPSA) is 90.4 Å². The molecule has 2 aromatic rings. The summed E-state index contributed by atoms with van der Waals surface area (Å²) in [7, 11) is 0. The Hall–Kier alpha value is -2.40. The predicted octanol–water partition coefficient (Wildman–Crippen LogP) is 2.51. The van der Waals surface area contributed by atoms with Gasteiger partial charge in [-0.2, -0.15) is 0 Å². The number of hydrogen-bond acceptors (Lipinski definition) is 4. The van der Waals surface area contributed by atoms with Crippen LogP contribution in [0.15, 0.2) is 42.5 Å². The predicted molar refractivity (Wildman–Crippen MR) is 84.8 cm³/mol. The van der Waals surface area contributed by atoms with Crippen molar-refractivity contribution in [1.29, 1.82) is 0 Å². The molecule has 5 N–H and O–H groups in total. The molecule has 0 aliphatic carbocycles. The summed E-state index contributed by atoms with van der Waals surface area (Å²) in [4.78, 5) is 11.1. The number of carbonyl (C=O) groups is 1. The van der Waals surface area contributed by atoms with Crippen molar-refractivity contribution < 1.29 is 9.53 Å². The van der Waals surface area contributed by atoms with Crippen molar-refractivity contribution >= 4 is 28.9 Å². The number of nitrogens with two attached hydrogens (primary N) is 2. The molecule has 1 amide bonds. The molecular formula is C15H16ClN3O2. The van der Waals surface area contributed by atoms with Crippen LogP contribution in [0, 0.1) is 0 Å². The van der Waals surface area contributed by atoms with E-state index >= 15 is 0 Å². The number of benzene rings is 2. The number of primary amides is 1. The first-order valence-electron chi connectivity index (χ1n) is 6.38. The lowest BCUT2D eigenvalue weighted by Gasteiger charge is -2.10. The van der Waals surface area contributed by atoms with Gasteiger partial charge in [0.1, 0.15) is 12.4 Å². The molecule has 0 fully saturated rings. The van der Waals surface area contributed by atoms with E-state index in [1.54, 1.807) is 30.3 Å². The lowest BCUT2D eigenvalue weighted by Crippen LogP contribution is -2.13. The highest BCUT2D eigenvalue weighted by atomic mass is 35.5. The van der Waals surface area contributed by atoms with Crippen molar-refractivity contribution in [2.45, 2.75) is 0 Å². The zero-order valence-electron chi connectivity index (χ0n) is 11.3. The molecule has 2 rings (SSSR count). The number of carbonyl (C=O) groups excluding carboxylic acids is 1. The Kier molecular flexibility index (Phi) is 4.90. The van der Waals surface area contributed by atoms with Gasteiger partial charge in [0.15, 0.2) is 0 Å². The summed E-state index contributed by atoms with van der Waals surface area (Å²) in [5, 5.41) is 3.47. The van der Waals surface area contributed by atoms with Gasteiger partial charge in [-0.25, -0.2) is 0 Å². The number of anilines is 2. The number of amides is 1. The molecule has 0 aromatic heterocycles. The lowest BCUT2D eigenvalue weighted by molar-refractivity contribution is 0.100. The minimum absolute atomic E-state index is 0.304. The van der Waals surface area contributed by atoms with E-state index in [4.69, 9.17) is 27.8 Å². The monoisotopic (exact) mass is 305 g/mol. The van der Waals surface area contributed by atoms with Crippen molar-refractivity contribution in [2.75, 3.05) is 24.2 Å². The Labute approximate surface area is 127 Å². The van der Waals surface area contributed by atoms with Crippen LogP contribution in [0.5, 0.6) is 5.75 Å². The molecule has 0 radical (unpaired) electrons. The van der Waals surface area contributed by atoms with Gasteiger partial charge in [-0.1, -0.05) is 17.7 Å². The van der Waals surface area contributed by atoms with E-state index in [-0.39, 0.29) is 0 Å². The van der Waals surface area contributed by atoms with Crippen molar-refractivity contribution in [1.82, 2.24) is 0 Å². The van der Waals surface area contributed by atoms with Gasteiger partial charge in [-0.3, -0.25) is 4.79 Å². The zero-order chi connectivity index (χ0) is 15.2. The molecule has 0 heterocycles. The number of nitrogens with one attached hydrogen (secondary N) is 1. The standard InChI is InChI=1S/C15H16ClN3O2/c16-14-9-11(4-5-13(14)15(18)20)19-6-7-21-12-3-1-2-10(17)8-12/h1-5,8-9,19H,6-7,17H2,(H2,18,20). The molecule has 6 heteroatoms. The van der Waals surface area contributed by atoms with Crippen LogP contribution in [0.2, 0.25) is 5.02 Å². The fourth-order valence-electron chi connectivity index (χ4n) is 1.79. The molecule has 0 aliphatic heterocycles. The molecule has 0 unspecified atom stereocenters. The fraction of sp³-hybridized carbons (Fsp3) is 0.133. The number of rotatable bonds is 6. The molecule has 0 saturated carbocycles. The van der Waals surface area contributed by atoms with E-state index in [1.807, 2.05) is 12.1 Å². The third-order valence-corrected chi connectivity index (χ3v) is 3.11. The van der Waals surface area contributed by atoms with Crippen LogP contribution in [0.25, 0.3) is 0 Å². The van der Waals surface area contributed by atoms with E-state index in [0.29, 0.717) is 29.4 Å². The third kappa shape index (κ3) is 4.29. The van der Waals surface area contributed by atoms with Gasteiger partial charge in [0.05, 0.1) is 10.6 Å². The summed E-state index contributed by atoms with van der Waals surface area (Å²) in [6.45, 7) is 1.06. The average Bonchev–Trinajstić information content (AvgIpc) is 2.43. The maximum Gasteiger partial charge on any atom is 0.250 e. The van der Waals surface area contributed by atoms with Gasteiger partial charge in [0.2, 0.25) is 5.91 Å². The minimum atomic E-state index is -0.545. The van der Waals surface area contributed by atoms with Gasteiger partial charge in [0, 0.05) is 24.0 Å². The second kappa shape index (κ2) is 6.85. The SMILES string of the molecule is NC(=O)c1ccc(NCCOc2cccc(N)c2)cc1Cl. The molecule has 0 saturated heterocycles. The van der Waals surface area contributed by atoms with Crippen molar-refractivity contribution in [3.63, 3.8) is 0 Å². The number of halogens is 1. The summed E-state index contributed by atoms with van der Waals surface area (Å²) < 4.78 is 5.55. The number of hydrogen-bond donors (Lipinski definition) is 3. The first kappa shape index (κ1) is 15.0. The summed E-state index contributed by atoms with van der Waals surface area (Å²) in [6, 6.07) is 12.2. The van der Waals surface area contributed by atoms with E-state index in [1.165, 1.54) is 0 Å². The maximum atomic E-state index is 11.1. The second-order valence-corrected chi connectivity index (χ2v) is 4.81. The highest BCUT2D eigenvalue weighted by molar-refractivity contribution is 6.34. The quantitative estimate of drug-likeness (QED) is 0.565. The average molecular weight is 306 g/mol. The zero-order valence-corrected chi connectivity index (χ0v) is 12.1. The van der Waals surface area contributed by atoms with Crippen LogP contribution < -0.4 is 21.5 Å². The van der Waals surface area contributed by atoms with Gasteiger partial charge in [0.25, 0.3) is 0 Å². The van der Waals surface area contributed by atoms with Gasteiger partial charge < -0.3 is 21.5 Å². The van der Waals surface area contributed by atoms with Crippen LogP contribution in [0.3, 0.4) is 0 Å². The molecule has 0 atom stereocenters. The Bertz CT molecular complexity index is 647. The summed E-state index contributed by atoms with van der Waals surface area (Å²) >= 11 is 5.96. The van der Waals surface area contributed by atoms with Crippen molar-refractivity contribution in [3.05, 3.63) is 53.1 Å². The second-order valence-electron chi connectivity index (χ2n) is 4.41. The summed E-state index contributed by atoms with van der Waals surface area (Å²) in [6.07, 6.45) is 0. The Morgan fingerprint density at radius 1 is 1.24 bits per heavy atom. The minimum Gasteiger partial charge on any atom is -0.492 e. The van der Waals surface area contributed by atoms with E-state index in [0.717, 1.165) is 11.4 Å². The van der Waals surface area contributed by atoms with E-state index < -0.39 is 5.91 Å². The first-order valence-corrected chi connectivity index (χ1v) is 6.75. The normalized spacial score (nSPS) is 10.1. The largest absolute Gasteiger partial charge is 0.492 e. The highest BCUT2D eigenvalue weighted by Crippen LogP contribution is 2.20. The van der Waals surface area contributed by atoms with Crippen LogP contribution in [-0.4, -0.2) is 19.1 Å². The van der Waals surface area contributed by atoms with Crippen molar-refractivity contribution in [2.24, 2.45) is 5.73 Å². The van der Waals surface area contributed by atoms with E-state index in [2.05, 4.69) is 5.32 Å². The lowest BCUT2D eigenvalue weighted by atomic mass is 10.2. The van der Waals surface area contributed by atoms with E-state index in [9.17, 15) is 4.79 Å². The molecule has 110 valence electrons. The molecule has 5 nitrogen and oxygen atoms in total. The summed E-state index contributed by atoms with van der Waals surface area (Å²) in [5.41, 5.74) is 12.6. The van der Waals surface area contributed by atoms with Crippen LogP contribution >= 0.6 is 11.6 Å². The van der Waals surface area contributed by atoms with Crippen LogP contribution in [-0.2, 0) is 0 Å². The summed E-state index contributed by atoms with van der Waals surface area (Å²) in [5.74, 6) is 0.176. The molecule has 2 aromatic carbocycles. The maximum absolute atomic E-state index is 11.1. The van der Waals surface area contributed by atoms with Crippen molar-refractivity contribution in [3.8, 4) is 5.75 Å². The fourth-order valence-corrected chi connectivity index (χ4v) is 2.07. The third-order valence-electron chi connectivity index (χ3n) is 2.79. The molecular weight excluding hydrogens is 290 g/mol. The smallest absolute Gasteiger partial charge is 0.250 e. The molecule has 0 spiro atoms. The molecule has 0 aliphatic rings. The van der Waals surface area contributed by atoms with Gasteiger partial charge in [-0.15, -0.1) is 0 Å². The Morgan fingerprint density at radius 2 is 2.05 bits per heavy atom. The van der Waals surface area contributed by atoms with Crippen LogP contribution in [0.4, 0.5) is 11.4 Å². The number of ether oxygens (including phenoxy) is 1. The van der Waals surface area contributed by atoms with Gasteiger partial charge >= 0.3 is 0 Å². The van der Waals surface area contributed by atoms with Crippen LogP contribution in [0.1, 0.15) is 10.4 Å². The Morgan fingerprint density at radius 3 is 2.71 bits per heavy atom. The molecule has 21 heavy (non-hydrogen) atoms.